The van der Waals surface area contributed by atoms with Crippen molar-refractivity contribution in [2.24, 2.45) is 0 Å². The van der Waals surface area contributed by atoms with Crippen LogP contribution in [0, 0.1) is 0 Å². The van der Waals surface area contributed by atoms with E-state index in [1.54, 1.807) is 43.3 Å². The second kappa shape index (κ2) is 8.80. The summed E-state index contributed by atoms with van der Waals surface area (Å²) in [6.45, 7) is 3.99. The number of hydrogen-bond donors (Lipinski definition) is 2. The Hall–Kier alpha value is -3.15. The highest BCUT2D eigenvalue weighted by Crippen LogP contribution is 2.23. The molecule has 2 rings (SSSR count). The summed E-state index contributed by atoms with van der Waals surface area (Å²) < 4.78 is 5.07. The molecule has 26 heavy (non-hydrogen) atoms. The Balaban J connectivity index is 2.15. The van der Waals surface area contributed by atoms with E-state index in [9.17, 15) is 19.5 Å². The lowest BCUT2D eigenvalue weighted by molar-refractivity contribution is -0.145. The smallest absolute Gasteiger partial charge is 0.336 e. The molecule has 6 nitrogen and oxygen atoms in total. The summed E-state index contributed by atoms with van der Waals surface area (Å²) in [5.41, 5.74) is 1.34. The number of amides is 1. The minimum Gasteiger partial charge on any atom is -0.478 e. The molecular formula is C20H21NO5. The molecule has 1 amide bonds. The number of rotatable bonds is 7. The van der Waals surface area contributed by atoms with Crippen LogP contribution >= 0.6 is 0 Å². The zero-order valence-corrected chi connectivity index (χ0v) is 14.7. The number of carboxylic acids is 1. The summed E-state index contributed by atoms with van der Waals surface area (Å²) in [6.07, 6.45) is 0.608. The fraction of sp³-hybridized carbons (Fsp3) is 0.250. The van der Waals surface area contributed by atoms with E-state index in [4.69, 9.17) is 4.74 Å². The monoisotopic (exact) mass is 355 g/mol. The van der Waals surface area contributed by atoms with Crippen molar-refractivity contribution in [3.05, 3.63) is 65.2 Å². The van der Waals surface area contributed by atoms with Crippen molar-refractivity contribution in [2.45, 2.75) is 26.2 Å². The Labute approximate surface area is 151 Å². The fourth-order valence-corrected chi connectivity index (χ4v) is 2.65. The van der Waals surface area contributed by atoms with E-state index in [0.29, 0.717) is 18.7 Å². The Morgan fingerprint density at radius 2 is 1.62 bits per heavy atom. The van der Waals surface area contributed by atoms with E-state index in [1.807, 2.05) is 6.92 Å². The Bertz CT molecular complexity index is 798. The number of ether oxygens (including phenoxy) is 1. The molecule has 2 aromatic rings. The maximum atomic E-state index is 12.4. The highest BCUT2D eigenvalue weighted by Gasteiger charge is 2.20. The molecule has 1 atom stereocenters. The van der Waals surface area contributed by atoms with Crippen LogP contribution < -0.4 is 5.32 Å². The van der Waals surface area contributed by atoms with Crippen LogP contribution in [0.5, 0.6) is 0 Å². The van der Waals surface area contributed by atoms with Gasteiger partial charge in [-0.05, 0) is 43.2 Å². The zero-order valence-electron chi connectivity index (χ0n) is 14.7. The molecule has 6 heteroatoms. The highest BCUT2D eigenvalue weighted by atomic mass is 16.5. The van der Waals surface area contributed by atoms with Crippen molar-refractivity contribution in [1.29, 1.82) is 0 Å². The topological polar surface area (TPSA) is 92.7 Å². The molecule has 0 radical (unpaired) electrons. The molecular weight excluding hydrogens is 334 g/mol. The van der Waals surface area contributed by atoms with Crippen LogP contribution in [0.3, 0.4) is 0 Å². The van der Waals surface area contributed by atoms with E-state index in [0.717, 1.165) is 5.56 Å². The summed E-state index contributed by atoms with van der Waals surface area (Å²) in [4.78, 5) is 35.6. The van der Waals surface area contributed by atoms with Crippen LogP contribution in [0.1, 0.15) is 52.5 Å². The third kappa shape index (κ3) is 4.47. The van der Waals surface area contributed by atoms with Gasteiger partial charge in [0.15, 0.2) is 0 Å². The van der Waals surface area contributed by atoms with Crippen LogP contribution in [-0.4, -0.2) is 29.6 Å². The van der Waals surface area contributed by atoms with E-state index < -0.39 is 11.9 Å². The molecule has 2 N–H and O–H groups in total. The molecule has 2 aromatic carbocycles. The number of anilines is 1. The lowest BCUT2D eigenvalue weighted by atomic mass is 9.96. The van der Waals surface area contributed by atoms with Crippen molar-refractivity contribution < 1.29 is 24.2 Å². The molecule has 0 spiro atoms. The van der Waals surface area contributed by atoms with E-state index in [2.05, 4.69) is 5.32 Å². The molecule has 0 heterocycles. The van der Waals surface area contributed by atoms with Gasteiger partial charge in [-0.2, -0.15) is 0 Å². The van der Waals surface area contributed by atoms with E-state index in [1.165, 1.54) is 12.1 Å². The van der Waals surface area contributed by atoms with Gasteiger partial charge in [-0.15, -0.1) is 0 Å². The maximum absolute atomic E-state index is 12.4. The molecule has 0 aliphatic rings. The first-order valence-corrected chi connectivity index (χ1v) is 8.38. The number of carboxylic acid groups (broad SMARTS) is 1. The van der Waals surface area contributed by atoms with Gasteiger partial charge in [-0.1, -0.05) is 31.2 Å². The Morgan fingerprint density at radius 3 is 2.15 bits per heavy atom. The summed E-state index contributed by atoms with van der Waals surface area (Å²) in [7, 11) is 0. The molecule has 1 unspecified atom stereocenters. The minimum absolute atomic E-state index is 0.0602. The van der Waals surface area contributed by atoms with E-state index >= 15 is 0 Å². The predicted octanol–water partition coefficient (Wildman–Crippen LogP) is 3.69. The van der Waals surface area contributed by atoms with Gasteiger partial charge < -0.3 is 15.2 Å². The second-order valence-electron chi connectivity index (χ2n) is 5.64. The largest absolute Gasteiger partial charge is 0.478 e. The fourth-order valence-electron chi connectivity index (χ4n) is 2.65. The first-order chi connectivity index (χ1) is 12.5. The summed E-state index contributed by atoms with van der Waals surface area (Å²) >= 11 is 0. The standard InChI is InChI=1S/C20H21NO5/c1-3-15(20(25)26-4-2)13-9-11-14(12-10-13)21-18(22)16-7-5-6-8-17(16)19(23)24/h5-12,15H,3-4H2,1-2H3,(H,21,22)(H,23,24). The van der Waals surface area contributed by atoms with Gasteiger partial charge in [0, 0.05) is 5.69 Å². The average Bonchev–Trinajstić information content (AvgIpc) is 2.64. The number of carbonyl (C=O) groups excluding carboxylic acids is 2. The first kappa shape index (κ1) is 19.2. The van der Waals surface area contributed by atoms with Gasteiger partial charge in [0.25, 0.3) is 5.91 Å². The predicted molar refractivity (Wildman–Crippen MR) is 97.5 cm³/mol. The van der Waals surface area contributed by atoms with Crippen molar-refractivity contribution >= 4 is 23.5 Å². The summed E-state index contributed by atoms with van der Waals surface area (Å²) in [5.74, 6) is -2.30. The number of aromatic carboxylic acids is 1. The maximum Gasteiger partial charge on any atom is 0.336 e. The summed E-state index contributed by atoms with van der Waals surface area (Å²) in [6, 6.07) is 12.9. The Morgan fingerprint density at radius 1 is 1.00 bits per heavy atom. The molecule has 0 bridgehead atoms. The highest BCUT2D eigenvalue weighted by molar-refractivity contribution is 6.10. The lowest BCUT2D eigenvalue weighted by Crippen LogP contribution is -2.17. The van der Waals surface area contributed by atoms with Gasteiger partial charge in [-0.25, -0.2) is 4.79 Å². The normalized spacial score (nSPS) is 11.5. The van der Waals surface area contributed by atoms with Gasteiger partial charge in [0.2, 0.25) is 0 Å². The number of esters is 1. The van der Waals surface area contributed by atoms with Crippen LogP contribution in [0.4, 0.5) is 5.69 Å². The Kier molecular flexibility index (Phi) is 6.49. The third-order valence-electron chi connectivity index (χ3n) is 3.95. The van der Waals surface area contributed by atoms with Crippen molar-refractivity contribution in [3.63, 3.8) is 0 Å². The minimum atomic E-state index is -1.16. The van der Waals surface area contributed by atoms with Crippen LogP contribution in [0.2, 0.25) is 0 Å². The van der Waals surface area contributed by atoms with Gasteiger partial charge in [-0.3, -0.25) is 9.59 Å². The zero-order chi connectivity index (χ0) is 19.1. The first-order valence-electron chi connectivity index (χ1n) is 8.38. The quantitative estimate of drug-likeness (QED) is 0.739. The average molecular weight is 355 g/mol. The van der Waals surface area contributed by atoms with Crippen molar-refractivity contribution in [3.8, 4) is 0 Å². The van der Waals surface area contributed by atoms with Crippen LogP contribution in [0.25, 0.3) is 0 Å². The molecule has 0 aliphatic heterocycles. The van der Waals surface area contributed by atoms with Gasteiger partial charge >= 0.3 is 11.9 Å². The summed E-state index contributed by atoms with van der Waals surface area (Å²) in [5, 5.41) is 11.9. The SMILES string of the molecule is CCOC(=O)C(CC)c1ccc(NC(=O)c2ccccc2C(=O)O)cc1. The van der Waals surface area contributed by atoms with Crippen molar-refractivity contribution in [2.75, 3.05) is 11.9 Å². The molecule has 136 valence electrons. The molecule has 0 aromatic heterocycles. The van der Waals surface area contributed by atoms with Crippen LogP contribution in [-0.2, 0) is 9.53 Å². The second-order valence-corrected chi connectivity index (χ2v) is 5.64. The van der Waals surface area contributed by atoms with Gasteiger partial charge in [0.1, 0.15) is 0 Å². The number of hydrogen-bond acceptors (Lipinski definition) is 4. The van der Waals surface area contributed by atoms with Gasteiger partial charge in [0.05, 0.1) is 23.7 Å². The number of carbonyl (C=O) groups is 3. The third-order valence-corrected chi connectivity index (χ3v) is 3.95. The molecule has 0 fully saturated rings. The molecule has 0 saturated carbocycles. The lowest BCUT2D eigenvalue weighted by Gasteiger charge is -2.14. The van der Waals surface area contributed by atoms with E-state index in [-0.39, 0.29) is 23.0 Å². The molecule has 0 aliphatic carbocycles. The van der Waals surface area contributed by atoms with Crippen LogP contribution in [0.15, 0.2) is 48.5 Å². The van der Waals surface area contributed by atoms with Crippen molar-refractivity contribution in [1.82, 2.24) is 0 Å². The molecule has 0 saturated heterocycles. The number of nitrogens with one attached hydrogen (secondary N) is 1. The number of benzene rings is 2.